The van der Waals surface area contributed by atoms with Crippen LogP contribution in [-0.2, 0) is 0 Å². The van der Waals surface area contributed by atoms with Crippen molar-refractivity contribution < 1.29 is 18.7 Å². The van der Waals surface area contributed by atoms with Gasteiger partial charge in [-0.05, 0) is 0 Å². The second kappa shape index (κ2) is 4.30. The summed E-state index contributed by atoms with van der Waals surface area (Å²) in [7, 11) is 0. The molecule has 0 aromatic carbocycles. The summed E-state index contributed by atoms with van der Waals surface area (Å²) in [6, 6.07) is 0. The lowest BCUT2D eigenvalue weighted by molar-refractivity contribution is -0.0503. The predicted octanol–water partition coefficient (Wildman–Crippen LogP) is 0.172. The third-order valence-corrected chi connectivity index (χ3v) is 1.19. The highest BCUT2D eigenvalue weighted by atomic mass is 19.3. The molecule has 1 aromatic rings. The van der Waals surface area contributed by atoms with E-state index in [0.717, 1.165) is 12.4 Å². The molecule has 76 valence electrons. The van der Waals surface area contributed by atoms with Gasteiger partial charge in [0.2, 0.25) is 5.84 Å². The summed E-state index contributed by atoms with van der Waals surface area (Å²) in [4.78, 5) is 7.03. The Morgan fingerprint density at radius 3 is 2.50 bits per heavy atom. The first-order chi connectivity index (χ1) is 6.63. The minimum absolute atomic E-state index is 0.0749. The Morgan fingerprint density at radius 1 is 1.50 bits per heavy atom. The molecular formula is C6H6F2N4O2. The van der Waals surface area contributed by atoms with Crippen molar-refractivity contribution in [2.75, 3.05) is 0 Å². The van der Waals surface area contributed by atoms with Gasteiger partial charge in [-0.25, -0.2) is 9.97 Å². The number of hydrogen-bond acceptors (Lipinski definition) is 5. The highest BCUT2D eigenvalue weighted by molar-refractivity contribution is 5.93. The summed E-state index contributed by atoms with van der Waals surface area (Å²) < 4.78 is 27.3. The summed E-state index contributed by atoms with van der Waals surface area (Å²) in [6.45, 7) is -2.94. The van der Waals surface area contributed by atoms with Crippen LogP contribution in [0.15, 0.2) is 17.5 Å². The average Bonchev–Trinajstić information content (AvgIpc) is 2.17. The van der Waals surface area contributed by atoms with E-state index in [1.165, 1.54) is 0 Å². The van der Waals surface area contributed by atoms with Gasteiger partial charge in [0.1, 0.15) is 0 Å². The van der Waals surface area contributed by atoms with Crippen molar-refractivity contribution in [1.29, 1.82) is 0 Å². The third kappa shape index (κ3) is 2.51. The molecule has 0 saturated carbocycles. The largest absolute Gasteiger partial charge is 0.432 e. The molecule has 1 rings (SSSR count). The fourth-order valence-electron chi connectivity index (χ4n) is 0.657. The predicted molar refractivity (Wildman–Crippen MR) is 41.2 cm³/mol. The normalized spacial score (nSPS) is 11.8. The van der Waals surface area contributed by atoms with Crippen LogP contribution < -0.4 is 10.5 Å². The number of amidine groups is 1. The Bertz CT molecular complexity index is 327. The van der Waals surface area contributed by atoms with Crippen LogP contribution in [0.4, 0.5) is 8.78 Å². The topological polar surface area (TPSA) is 93.6 Å². The molecule has 0 atom stereocenters. The maximum atomic E-state index is 11.7. The van der Waals surface area contributed by atoms with Gasteiger partial charge in [-0.1, -0.05) is 5.16 Å². The van der Waals surface area contributed by atoms with Crippen molar-refractivity contribution in [1.82, 2.24) is 9.97 Å². The van der Waals surface area contributed by atoms with Crippen molar-refractivity contribution in [3.63, 3.8) is 0 Å². The van der Waals surface area contributed by atoms with Gasteiger partial charge in [0.25, 0.3) is 0 Å². The summed E-state index contributed by atoms with van der Waals surface area (Å²) >= 11 is 0. The Morgan fingerprint density at radius 2 is 2.07 bits per heavy atom. The second-order valence-electron chi connectivity index (χ2n) is 2.11. The molecule has 3 N–H and O–H groups in total. The summed E-state index contributed by atoms with van der Waals surface area (Å²) in [5, 5.41) is 10.9. The molecule has 1 heterocycles. The van der Waals surface area contributed by atoms with Gasteiger partial charge in [0, 0.05) is 0 Å². The number of oxime groups is 1. The lowest BCUT2D eigenvalue weighted by Crippen LogP contribution is -2.17. The van der Waals surface area contributed by atoms with Crippen LogP contribution in [0.3, 0.4) is 0 Å². The van der Waals surface area contributed by atoms with Crippen LogP contribution >= 0.6 is 0 Å². The van der Waals surface area contributed by atoms with E-state index < -0.39 is 6.61 Å². The zero-order valence-corrected chi connectivity index (χ0v) is 6.76. The minimum Gasteiger partial charge on any atom is -0.432 e. The van der Waals surface area contributed by atoms with Gasteiger partial charge < -0.3 is 15.7 Å². The zero-order valence-electron chi connectivity index (χ0n) is 6.76. The first kappa shape index (κ1) is 10.1. The maximum Gasteiger partial charge on any atom is 0.387 e. The van der Waals surface area contributed by atoms with Crippen LogP contribution in [0.25, 0.3) is 0 Å². The third-order valence-electron chi connectivity index (χ3n) is 1.19. The van der Waals surface area contributed by atoms with Crippen molar-refractivity contribution in [3.8, 4) is 5.75 Å². The van der Waals surface area contributed by atoms with Crippen LogP contribution in [0.1, 0.15) is 5.82 Å². The highest BCUT2D eigenvalue weighted by Gasteiger charge is 2.06. The lowest BCUT2D eigenvalue weighted by Gasteiger charge is -2.02. The molecule has 8 heteroatoms. The number of ether oxygens (including phenoxy) is 1. The molecule has 0 bridgehead atoms. The molecule has 14 heavy (non-hydrogen) atoms. The summed E-state index contributed by atoms with van der Waals surface area (Å²) in [5.41, 5.74) is 5.13. The SMILES string of the molecule is N/C(=N\O)c1ncc(OC(F)F)cn1. The van der Waals surface area contributed by atoms with Crippen molar-refractivity contribution in [3.05, 3.63) is 18.2 Å². The lowest BCUT2D eigenvalue weighted by atomic mass is 10.5. The van der Waals surface area contributed by atoms with Gasteiger partial charge in [-0.15, -0.1) is 0 Å². The van der Waals surface area contributed by atoms with E-state index >= 15 is 0 Å². The van der Waals surface area contributed by atoms with E-state index in [0.29, 0.717) is 0 Å². The molecule has 6 nitrogen and oxygen atoms in total. The molecule has 0 unspecified atom stereocenters. The Hall–Kier alpha value is -1.99. The fraction of sp³-hybridized carbons (Fsp3) is 0.167. The second-order valence-corrected chi connectivity index (χ2v) is 2.11. The van der Waals surface area contributed by atoms with E-state index in [2.05, 4.69) is 19.9 Å². The summed E-state index contributed by atoms with van der Waals surface area (Å²) in [5.74, 6) is -0.586. The number of hydrogen-bond donors (Lipinski definition) is 2. The molecular weight excluding hydrogens is 198 g/mol. The molecule has 1 aromatic heterocycles. The first-order valence-electron chi connectivity index (χ1n) is 3.38. The smallest absolute Gasteiger partial charge is 0.387 e. The van der Waals surface area contributed by atoms with Gasteiger partial charge in [-0.2, -0.15) is 8.78 Å². The van der Waals surface area contributed by atoms with Crippen molar-refractivity contribution >= 4 is 5.84 Å². The molecule has 0 fully saturated rings. The van der Waals surface area contributed by atoms with Gasteiger partial charge in [-0.3, -0.25) is 0 Å². The standard InChI is InChI=1S/C6H6F2N4O2/c7-6(8)14-3-1-10-5(11-2-3)4(9)12-13/h1-2,6,13H,(H2,9,12). The number of aromatic nitrogens is 2. The highest BCUT2D eigenvalue weighted by Crippen LogP contribution is 2.09. The van der Waals surface area contributed by atoms with E-state index in [1.807, 2.05) is 0 Å². The van der Waals surface area contributed by atoms with Crippen LogP contribution in [0.2, 0.25) is 0 Å². The van der Waals surface area contributed by atoms with E-state index in [1.54, 1.807) is 0 Å². The minimum atomic E-state index is -2.94. The average molecular weight is 204 g/mol. The molecule has 0 aliphatic rings. The van der Waals surface area contributed by atoms with E-state index in [-0.39, 0.29) is 17.4 Å². The van der Waals surface area contributed by atoms with E-state index in [4.69, 9.17) is 10.9 Å². The number of halogens is 2. The fourth-order valence-corrected chi connectivity index (χ4v) is 0.657. The van der Waals surface area contributed by atoms with Crippen molar-refractivity contribution in [2.24, 2.45) is 10.9 Å². The van der Waals surface area contributed by atoms with Crippen LogP contribution in [0, 0.1) is 0 Å². The van der Waals surface area contributed by atoms with Gasteiger partial charge >= 0.3 is 6.61 Å². The molecule has 0 radical (unpaired) electrons. The van der Waals surface area contributed by atoms with E-state index in [9.17, 15) is 8.78 Å². The Balaban J connectivity index is 2.78. The van der Waals surface area contributed by atoms with Gasteiger partial charge in [0.15, 0.2) is 11.6 Å². The van der Waals surface area contributed by atoms with Crippen molar-refractivity contribution in [2.45, 2.75) is 6.61 Å². The first-order valence-corrected chi connectivity index (χ1v) is 3.38. The monoisotopic (exact) mass is 204 g/mol. The Labute approximate surface area is 77.0 Å². The molecule has 0 spiro atoms. The Kier molecular flexibility index (Phi) is 3.10. The summed E-state index contributed by atoms with van der Waals surface area (Å²) in [6.07, 6.45) is 1.99. The number of alkyl halides is 2. The molecule has 0 aliphatic heterocycles. The van der Waals surface area contributed by atoms with Crippen LogP contribution in [-0.4, -0.2) is 27.6 Å². The molecule has 0 amide bonds. The number of rotatable bonds is 3. The maximum absolute atomic E-state index is 11.7. The molecule has 0 aliphatic carbocycles. The molecule has 0 saturated heterocycles. The number of nitrogens with zero attached hydrogens (tertiary/aromatic N) is 3. The quantitative estimate of drug-likeness (QED) is 0.317. The van der Waals surface area contributed by atoms with Crippen LogP contribution in [0.5, 0.6) is 5.75 Å². The number of nitrogens with two attached hydrogens (primary N) is 1. The van der Waals surface area contributed by atoms with Gasteiger partial charge in [0.05, 0.1) is 12.4 Å². The zero-order chi connectivity index (χ0) is 10.6.